The van der Waals surface area contributed by atoms with Gasteiger partial charge in [0.2, 0.25) is 0 Å². The Morgan fingerprint density at radius 2 is 2.00 bits per heavy atom. The molecule has 1 heterocycles. The molecular weight excluding hydrogens is 267 g/mol. The van der Waals surface area contributed by atoms with E-state index in [1.165, 1.54) is 18.5 Å². The molecule has 2 fully saturated rings. The summed E-state index contributed by atoms with van der Waals surface area (Å²) in [6.45, 7) is 5.59. The normalized spacial score (nSPS) is 20.0. The lowest BCUT2D eigenvalue weighted by atomic mass is 10.0. The molecule has 1 aliphatic heterocycles. The zero-order chi connectivity index (χ0) is 14.7. The third-order valence-electron chi connectivity index (χ3n) is 4.39. The van der Waals surface area contributed by atoms with E-state index in [1.54, 1.807) is 12.1 Å². The minimum absolute atomic E-state index is 0.143. The Morgan fingerprint density at radius 3 is 2.67 bits per heavy atom. The van der Waals surface area contributed by atoms with Crippen molar-refractivity contribution in [1.29, 1.82) is 0 Å². The lowest BCUT2D eigenvalue weighted by Crippen LogP contribution is -2.37. The molecule has 116 valence electrons. The van der Waals surface area contributed by atoms with Gasteiger partial charge in [0, 0.05) is 38.0 Å². The third kappa shape index (κ3) is 3.95. The van der Waals surface area contributed by atoms with Crippen LogP contribution in [0.25, 0.3) is 0 Å². The monoisotopic (exact) mass is 292 g/mol. The van der Waals surface area contributed by atoms with Gasteiger partial charge in [0.15, 0.2) is 0 Å². The van der Waals surface area contributed by atoms with Crippen molar-refractivity contribution < 1.29 is 9.13 Å². The van der Waals surface area contributed by atoms with Gasteiger partial charge < -0.3 is 15.0 Å². The van der Waals surface area contributed by atoms with Crippen molar-refractivity contribution in [3.63, 3.8) is 0 Å². The van der Waals surface area contributed by atoms with Crippen LogP contribution in [0.5, 0.6) is 0 Å². The zero-order valence-corrected chi connectivity index (χ0v) is 12.8. The Balaban J connectivity index is 1.66. The summed E-state index contributed by atoms with van der Waals surface area (Å²) in [4.78, 5) is 2.37. The van der Waals surface area contributed by atoms with Crippen LogP contribution in [0.4, 0.5) is 10.1 Å². The van der Waals surface area contributed by atoms with E-state index < -0.39 is 0 Å². The number of rotatable bonds is 6. The van der Waals surface area contributed by atoms with Crippen molar-refractivity contribution >= 4 is 5.69 Å². The molecule has 4 heteroatoms. The Morgan fingerprint density at radius 1 is 1.24 bits per heavy atom. The second-order valence-corrected chi connectivity index (χ2v) is 6.07. The van der Waals surface area contributed by atoms with Gasteiger partial charge in [0.05, 0.1) is 6.10 Å². The predicted molar refractivity (Wildman–Crippen MR) is 83.1 cm³/mol. The van der Waals surface area contributed by atoms with E-state index in [2.05, 4.69) is 10.2 Å². The molecule has 21 heavy (non-hydrogen) atoms. The van der Waals surface area contributed by atoms with E-state index in [0.29, 0.717) is 12.1 Å². The minimum Gasteiger partial charge on any atom is -0.378 e. The fourth-order valence-corrected chi connectivity index (χ4v) is 3.04. The van der Waals surface area contributed by atoms with Crippen LogP contribution in [0.15, 0.2) is 18.2 Å². The highest BCUT2D eigenvalue weighted by Crippen LogP contribution is 2.27. The topological polar surface area (TPSA) is 24.5 Å². The van der Waals surface area contributed by atoms with Crippen LogP contribution >= 0.6 is 0 Å². The molecule has 1 aromatic carbocycles. The van der Waals surface area contributed by atoms with Gasteiger partial charge in [-0.05, 0) is 56.4 Å². The molecule has 1 aliphatic carbocycles. The molecular formula is C17H25FN2O. The molecule has 1 saturated heterocycles. The number of benzene rings is 1. The number of nitrogens with one attached hydrogen (secondary N) is 1. The lowest BCUT2D eigenvalue weighted by molar-refractivity contribution is 0.0459. The SMILES string of the molecule is CCOC1CCN(c2ccc(F)cc2CNC2CC2)CC1. The van der Waals surface area contributed by atoms with Gasteiger partial charge in [-0.3, -0.25) is 0 Å². The lowest BCUT2D eigenvalue weighted by Gasteiger charge is -2.34. The predicted octanol–water partition coefficient (Wildman–Crippen LogP) is 3.08. The first-order valence-corrected chi connectivity index (χ1v) is 8.14. The molecule has 2 aliphatic rings. The van der Waals surface area contributed by atoms with Gasteiger partial charge in [-0.25, -0.2) is 4.39 Å². The highest BCUT2D eigenvalue weighted by Gasteiger charge is 2.23. The number of nitrogens with zero attached hydrogens (tertiary/aromatic N) is 1. The van der Waals surface area contributed by atoms with E-state index in [4.69, 9.17) is 4.74 Å². The maximum atomic E-state index is 13.6. The quantitative estimate of drug-likeness (QED) is 0.872. The maximum Gasteiger partial charge on any atom is 0.123 e. The van der Waals surface area contributed by atoms with E-state index in [-0.39, 0.29) is 5.82 Å². The Labute approximate surface area is 126 Å². The highest BCUT2D eigenvalue weighted by atomic mass is 19.1. The molecule has 1 N–H and O–H groups in total. The first kappa shape index (κ1) is 14.8. The van der Waals surface area contributed by atoms with Crippen molar-refractivity contribution in [2.45, 2.75) is 51.3 Å². The van der Waals surface area contributed by atoms with Gasteiger partial charge >= 0.3 is 0 Å². The molecule has 0 amide bonds. The number of hydrogen-bond donors (Lipinski definition) is 1. The third-order valence-corrected chi connectivity index (χ3v) is 4.39. The number of piperidine rings is 1. The number of halogens is 1. The number of ether oxygens (including phenoxy) is 1. The number of hydrogen-bond acceptors (Lipinski definition) is 3. The Kier molecular flexibility index (Phi) is 4.76. The first-order chi connectivity index (χ1) is 10.3. The smallest absolute Gasteiger partial charge is 0.123 e. The fraction of sp³-hybridized carbons (Fsp3) is 0.647. The largest absolute Gasteiger partial charge is 0.378 e. The fourth-order valence-electron chi connectivity index (χ4n) is 3.04. The summed E-state index contributed by atoms with van der Waals surface area (Å²) in [5.74, 6) is -0.143. The average molecular weight is 292 g/mol. The van der Waals surface area contributed by atoms with Crippen LogP contribution in [0, 0.1) is 5.82 Å². The van der Waals surface area contributed by atoms with Crippen molar-refractivity contribution in [1.82, 2.24) is 5.32 Å². The maximum absolute atomic E-state index is 13.6. The van der Waals surface area contributed by atoms with Crippen LogP contribution in [-0.4, -0.2) is 31.8 Å². The van der Waals surface area contributed by atoms with Crippen LogP contribution < -0.4 is 10.2 Å². The Hall–Kier alpha value is -1.13. The van der Waals surface area contributed by atoms with Crippen molar-refractivity contribution in [2.24, 2.45) is 0 Å². The molecule has 0 unspecified atom stereocenters. The van der Waals surface area contributed by atoms with Gasteiger partial charge in [0.25, 0.3) is 0 Å². The zero-order valence-electron chi connectivity index (χ0n) is 12.8. The number of anilines is 1. The molecule has 1 aromatic rings. The summed E-state index contributed by atoms with van der Waals surface area (Å²) in [5.41, 5.74) is 2.26. The average Bonchev–Trinajstić information content (AvgIpc) is 3.31. The van der Waals surface area contributed by atoms with Crippen LogP contribution in [0.1, 0.15) is 38.2 Å². The molecule has 0 aromatic heterocycles. The second kappa shape index (κ2) is 6.75. The van der Waals surface area contributed by atoms with Crippen molar-refractivity contribution in [2.75, 3.05) is 24.6 Å². The standard InChI is InChI=1S/C17H25FN2O/c1-2-21-16-7-9-20(10-8-16)17-6-3-14(18)11-13(17)12-19-15-4-5-15/h3,6,11,15-16,19H,2,4-5,7-10,12H2,1H3. The van der Waals surface area contributed by atoms with Crippen LogP contribution in [0.3, 0.4) is 0 Å². The van der Waals surface area contributed by atoms with E-state index in [9.17, 15) is 4.39 Å². The Bertz CT molecular complexity index is 468. The first-order valence-electron chi connectivity index (χ1n) is 8.14. The summed E-state index contributed by atoms with van der Waals surface area (Å²) in [7, 11) is 0. The molecule has 1 saturated carbocycles. The summed E-state index contributed by atoms with van der Waals surface area (Å²) in [6, 6.07) is 5.83. The molecule has 0 radical (unpaired) electrons. The van der Waals surface area contributed by atoms with Crippen LogP contribution in [-0.2, 0) is 11.3 Å². The van der Waals surface area contributed by atoms with E-state index in [0.717, 1.165) is 44.6 Å². The van der Waals surface area contributed by atoms with Crippen molar-refractivity contribution in [3.8, 4) is 0 Å². The van der Waals surface area contributed by atoms with Crippen molar-refractivity contribution in [3.05, 3.63) is 29.6 Å². The highest BCUT2D eigenvalue weighted by molar-refractivity contribution is 5.54. The summed E-state index contributed by atoms with van der Waals surface area (Å²) >= 11 is 0. The van der Waals surface area contributed by atoms with Gasteiger partial charge in [0.1, 0.15) is 5.82 Å². The minimum atomic E-state index is -0.143. The molecule has 0 bridgehead atoms. The second-order valence-electron chi connectivity index (χ2n) is 6.07. The van der Waals surface area contributed by atoms with Gasteiger partial charge in [-0.1, -0.05) is 0 Å². The van der Waals surface area contributed by atoms with Crippen LogP contribution in [0.2, 0.25) is 0 Å². The molecule has 0 atom stereocenters. The summed E-state index contributed by atoms with van der Waals surface area (Å²) in [6.07, 6.45) is 5.01. The molecule has 3 nitrogen and oxygen atoms in total. The summed E-state index contributed by atoms with van der Waals surface area (Å²) < 4.78 is 19.3. The molecule has 0 spiro atoms. The summed E-state index contributed by atoms with van der Waals surface area (Å²) in [5, 5.41) is 3.49. The van der Waals surface area contributed by atoms with Gasteiger partial charge in [-0.2, -0.15) is 0 Å². The van der Waals surface area contributed by atoms with Gasteiger partial charge in [-0.15, -0.1) is 0 Å². The van der Waals surface area contributed by atoms with E-state index in [1.807, 2.05) is 13.0 Å². The van der Waals surface area contributed by atoms with E-state index >= 15 is 0 Å². The molecule has 3 rings (SSSR count).